The molecule has 0 aromatic heterocycles. The van der Waals surface area contributed by atoms with Gasteiger partial charge in [0.2, 0.25) is 0 Å². The molecular weight excluding hydrogens is 1730 g/mol. The Labute approximate surface area is 638 Å². The van der Waals surface area contributed by atoms with Crippen molar-refractivity contribution in [3.05, 3.63) is 219 Å². The number of aliphatic hydroxyl groups is 2. The monoisotopic (exact) mass is 1870 g/mol. The number of benzene rings is 4. The van der Waals surface area contributed by atoms with Crippen LogP contribution >= 0.6 is 0 Å². The van der Waals surface area contributed by atoms with Crippen molar-refractivity contribution in [3.8, 4) is 46.0 Å². The van der Waals surface area contributed by atoms with Crippen LogP contribution in [0, 0.1) is 83.6 Å². The van der Waals surface area contributed by atoms with E-state index in [-0.39, 0.29) is 116 Å². The predicted molar refractivity (Wildman–Crippen MR) is 412 cm³/mol. The Hall–Kier alpha value is -5.91. The van der Waals surface area contributed by atoms with Gasteiger partial charge in [-0.3, -0.25) is 0 Å². The third-order valence-corrected chi connectivity index (χ3v) is 10.3. The Morgan fingerprint density at radius 3 is 0.732 bits per heavy atom. The molecule has 0 amide bonds. The topological polar surface area (TPSA) is 180 Å². The van der Waals surface area contributed by atoms with Crippen molar-refractivity contribution in [3.63, 3.8) is 0 Å². The Kier molecular flexibility index (Phi) is 118. The SMILES string of the molecule is C.C.C=CCOc1c(C)cc(OC)cc1C.C=C[CH2-].CC.CC.CC.CC.CCC=CCC=CCOc1c(C)cc(OC)cc1C.COc1cc(C)c(OCC=CCC=CCO)c(C)c1.COc1cc(C)c(OCC=CCC=CCO)c(C)c1.O.[CH2-]C(C)=O.[CH2-]C(C)=O.[CH3-].[W+2].[W].[W]. The van der Waals surface area contributed by atoms with Gasteiger partial charge in [0.05, 0.1) is 41.7 Å². The van der Waals surface area contributed by atoms with Crippen molar-refractivity contribution in [1.29, 1.82) is 0 Å². The van der Waals surface area contributed by atoms with E-state index in [9.17, 15) is 9.59 Å². The summed E-state index contributed by atoms with van der Waals surface area (Å²) in [7, 11) is 6.68. The average Bonchev–Trinajstić information content (AvgIpc) is 0.897. The van der Waals surface area contributed by atoms with E-state index in [1.807, 2.05) is 196 Å². The molecule has 0 aliphatic carbocycles. The number of hydrogen-bond donors (Lipinski definition) is 2. The molecule has 0 spiro atoms. The molecule has 0 heterocycles. The van der Waals surface area contributed by atoms with E-state index in [2.05, 4.69) is 65.2 Å². The molecule has 4 aromatic rings. The van der Waals surface area contributed by atoms with Gasteiger partial charge < -0.3 is 84.4 Å². The first-order valence-corrected chi connectivity index (χ1v) is 31.0. The summed E-state index contributed by atoms with van der Waals surface area (Å²) in [4.78, 5) is 18.7. The molecule has 0 bridgehead atoms. The van der Waals surface area contributed by atoms with Crippen LogP contribution in [0.15, 0.2) is 147 Å². The molecule has 0 fully saturated rings. The standard InChI is InChI=1S/C17H24O2.2C16H22O3.C12H16O2.2C3H5O.C3H5.4C2H6.2CH4.CH3.H2O.3W/c1-5-6-7-8-9-10-11-19-17-14(2)12-16(18-4)13-15(17)3;2*1-13-11-15(18-3)12-14(2)16(13)19-10-8-6-4-5-7-9-17;1-5-6-14-12-9(2)7-11(13-4)8-10(12)3;2*1-3(2)4;1-3-2;4*1-2;;;;;;;/h6-7,9-10,12-13H,5,8,11H2,1-4H3;2*5-8,11-12,17H,4,9-10H2,1-3H3;5,7-8H,1,6H2,2-4H3;2*1H2,2H3;3H,1-2H2;4*1-2H3;2*1H4;1H3;1H2;;;/q;;;;3*-1;;;;;;;-1;;;;+2. The zero-order valence-corrected chi connectivity index (χ0v) is 71.8. The minimum Gasteiger partial charge on any atom is -0.497 e. The summed E-state index contributed by atoms with van der Waals surface area (Å²) >= 11 is 0. The van der Waals surface area contributed by atoms with Gasteiger partial charge in [-0.15, -0.1) is 0 Å². The third kappa shape index (κ3) is 74.2. The summed E-state index contributed by atoms with van der Waals surface area (Å²) in [6.07, 6.45) is 30.7. The number of aryl methyl sites for hydroxylation is 8. The molecule has 13 nitrogen and oxygen atoms in total. The summed E-state index contributed by atoms with van der Waals surface area (Å²) in [5.74, 6) is 6.99. The molecule has 0 radical (unpaired) electrons. The maximum atomic E-state index is 9.33. The van der Waals surface area contributed by atoms with E-state index in [1.54, 1.807) is 46.7 Å². The summed E-state index contributed by atoms with van der Waals surface area (Å²) in [5, 5.41) is 17.2. The fourth-order valence-electron chi connectivity index (χ4n) is 6.89. The zero-order chi connectivity index (χ0) is 70.7. The second-order valence-corrected chi connectivity index (χ2v) is 17.9. The third-order valence-electron chi connectivity index (χ3n) is 10.3. The average molecular weight is 1870 g/mol. The second-order valence-electron chi connectivity index (χ2n) is 17.9. The predicted octanol–water partition coefficient (Wildman–Crippen LogP) is 20.7. The first-order chi connectivity index (χ1) is 43.1. The zero-order valence-electron chi connectivity index (χ0n) is 63.0. The van der Waals surface area contributed by atoms with Crippen molar-refractivity contribution in [2.45, 2.75) is 172 Å². The van der Waals surface area contributed by atoms with Crippen molar-refractivity contribution in [1.82, 2.24) is 0 Å². The van der Waals surface area contributed by atoms with Gasteiger partial charge in [-0.2, -0.15) is 0 Å². The van der Waals surface area contributed by atoms with E-state index in [1.165, 1.54) is 19.9 Å². The van der Waals surface area contributed by atoms with Gasteiger partial charge in [0, 0.05) is 42.1 Å². The molecule has 0 saturated carbocycles. The van der Waals surface area contributed by atoms with Crippen molar-refractivity contribution >= 4 is 11.6 Å². The molecule has 0 saturated heterocycles. The first kappa shape index (κ1) is 124. The molecule has 4 aromatic carbocycles. The van der Waals surface area contributed by atoms with Gasteiger partial charge in [0.1, 0.15) is 72.4 Å². The molecule has 97 heavy (non-hydrogen) atoms. The first-order valence-electron chi connectivity index (χ1n) is 31.0. The second kappa shape index (κ2) is 92.2. The summed E-state index contributed by atoms with van der Waals surface area (Å²) in [6, 6.07) is 15.8. The summed E-state index contributed by atoms with van der Waals surface area (Å²) < 4.78 is 43.7. The van der Waals surface area contributed by atoms with Gasteiger partial charge in [0.25, 0.3) is 0 Å². The molecule has 16 heteroatoms. The normalized spacial score (nSPS) is 8.96. The number of carbonyl (C=O) groups excluding carboxylic acids is 2. The van der Waals surface area contributed by atoms with Crippen LogP contribution in [-0.4, -0.2) is 95.3 Å². The number of Topliss-reactive ketones (excluding diaryl/α,β-unsaturated/α-hetero) is 2. The van der Waals surface area contributed by atoms with Crippen LogP contribution in [0.4, 0.5) is 0 Å². The van der Waals surface area contributed by atoms with Gasteiger partial charge in [0.15, 0.2) is 0 Å². The molecule has 0 atom stereocenters. The molecule has 558 valence electrons. The Morgan fingerprint density at radius 1 is 0.412 bits per heavy atom. The van der Waals surface area contributed by atoms with Gasteiger partial charge >= 0.3 is 21.1 Å². The van der Waals surface area contributed by atoms with Crippen LogP contribution in [0.2, 0.25) is 0 Å². The molecule has 0 unspecified atom stereocenters. The molecule has 0 aliphatic rings. The van der Waals surface area contributed by atoms with Crippen LogP contribution < -0.4 is 37.9 Å². The number of allylic oxidation sites excluding steroid dienone is 8. The van der Waals surface area contributed by atoms with Crippen LogP contribution in [0.3, 0.4) is 0 Å². The summed E-state index contributed by atoms with van der Waals surface area (Å²) in [6.45, 7) is 55.6. The number of aliphatic hydroxyl groups excluding tert-OH is 2. The quantitative estimate of drug-likeness (QED) is 0.0474. The largest absolute Gasteiger partial charge is 2.00 e. The van der Waals surface area contributed by atoms with Crippen LogP contribution in [0.5, 0.6) is 46.0 Å². The van der Waals surface area contributed by atoms with Crippen molar-refractivity contribution in [2.75, 3.05) is 68.1 Å². The van der Waals surface area contributed by atoms with Gasteiger partial charge in [-0.05, 0) is 200 Å². The number of carbonyl (C=O) groups is 2. The summed E-state index contributed by atoms with van der Waals surface area (Å²) in [5.41, 5.74) is 8.69. The van der Waals surface area contributed by atoms with Crippen molar-refractivity contribution < 1.29 is 126 Å². The van der Waals surface area contributed by atoms with Gasteiger partial charge in [-0.1, -0.05) is 163 Å². The van der Waals surface area contributed by atoms with Crippen molar-refractivity contribution in [2.24, 2.45) is 0 Å². The number of rotatable bonds is 25. The van der Waals surface area contributed by atoms with E-state index < -0.39 is 0 Å². The van der Waals surface area contributed by atoms with E-state index >= 15 is 0 Å². The van der Waals surface area contributed by atoms with Crippen LogP contribution in [0.1, 0.15) is 161 Å². The number of ketones is 2. The Bertz CT molecular complexity index is 2290. The van der Waals surface area contributed by atoms with E-state index in [0.717, 1.165) is 116 Å². The van der Waals surface area contributed by atoms with Crippen LogP contribution in [-0.2, 0) is 72.8 Å². The number of hydrogen-bond acceptors (Lipinski definition) is 12. The van der Waals surface area contributed by atoms with E-state index in [4.69, 9.17) is 48.1 Å². The maximum absolute atomic E-state index is 9.33. The Morgan fingerprint density at radius 2 is 0.577 bits per heavy atom. The molecular formula is C81H136O13W3-2. The minimum atomic E-state index is -0.0833. The minimum absolute atomic E-state index is 0. The smallest absolute Gasteiger partial charge is 0.497 e. The molecule has 0 aliphatic heterocycles. The van der Waals surface area contributed by atoms with E-state index in [0.29, 0.717) is 26.4 Å². The number of methoxy groups -OCH3 is 4. The van der Waals surface area contributed by atoms with Gasteiger partial charge in [-0.25, -0.2) is 19.6 Å². The fourth-order valence-corrected chi connectivity index (χ4v) is 6.89. The Balaban J connectivity index is -0.0000000711. The maximum Gasteiger partial charge on any atom is 2.00 e. The molecule has 4 N–H and O–H groups in total. The van der Waals surface area contributed by atoms with Crippen LogP contribution in [0.25, 0.3) is 0 Å². The number of ether oxygens (including phenoxy) is 8. The molecule has 4 rings (SSSR count). The fraction of sp³-hybridized carbons (Fsp3) is 0.432.